The predicted molar refractivity (Wildman–Crippen MR) is 109 cm³/mol. The molecule has 0 aliphatic heterocycles. The van der Waals surface area contributed by atoms with E-state index in [9.17, 15) is 9.59 Å². The molecular weight excluding hydrogens is 374 g/mol. The first-order valence-electron chi connectivity index (χ1n) is 8.88. The van der Waals surface area contributed by atoms with Gasteiger partial charge in [-0.3, -0.25) is 14.6 Å². The van der Waals surface area contributed by atoms with Crippen LogP contribution in [0.2, 0.25) is 0 Å². The number of pyridine rings is 2. The summed E-state index contributed by atoms with van der Waals surface area (Å²) in [5, 5.41) is 5.24. The highest BCUT2D eigenvalue weighted by molar-refractivity contribution is 7.09. The molecule has 0 radical (unpaired) electrons. The van der Waals surface area contributed by atoms with Crippen molar-refractivity contribution in [3.05, 3.63) is 86.0 Å². The zero-order valence-corrected chi connectivity index (χ0v) is 16.4. The number of nitrogens with one attached hydrogen (secondary N) is 1. The van der Waals surface area contributed by atoms with Gasteiger partial charge >= 0.3 is 0 Å². The van der Waals surface area contributed by atoms with Crippen molar-refractivity contribution < 1.29 is 9.21 Å². The number of rotatable bonds is 5. The Hall–Kier alpha value is -3.19. The Kier molecular flexibility index (Phi) is 4.83. The molecule has 4 aromatic rings. The van der Waals surface area contributed by atoms with Crippen LogP contribution in [0, 0.1) is 13.8 Å². The van der Waals surface area contributed by atoms with Gasteiger partial charge in [-0.1, -0.05) is 6.07 Å². The summed E-state index contributed by atoms with van der Waals surface area (Å²) in [6, 6.07) is 11.1. The smallest absolute Gasteiger partial charge is 0.260 e. The van der Waals surface area contributed by atoms with E-state index in [1.54, 1.807) is 35.1 Å². The minimum absolute atomic E-state index is 0.158. The van der Waals surface area contributed by atoms with Crippen molar-refractivity contribution in [2.45, 2.75) is 26.9 Å². The molecule has 0 bridgehead atoms. The summed E-state index contributed by atoms with van der Waals surface area (Å²) in [7, 11) is 0. The van der Waals surface area contributed by atoms with E-state index in [1.807, 2.05) is 42.6 Å². The second-order valence-corrected chi connectivity index (χ2v) is 7.61. The van der Waals surface area contributed by atoms with Gasteiger partial charge in [0.05, 0.1) is 35.2 Å². The molecule has 4 aromatic heterocycles. The highest BCUT2D eigenvalue weighted by Gasteiger charge is 2.15. The van der Waals surface area contributed by atoms with Gasteiger partial charge in [0.1, 0.15) is 11.5 Å². The number of furan rings is 1. The van der Waals surface area contributed by atoms with Gasteiger partial charge in [-0.25, -0.2) is 0 Å². The van der Waals surface area contributed by atoms with Gasteiger partial charge in [-0.2, -0.15) is 0 Å². The SMILES string of the molecule is Cc1ccc(CNC(=O)c2cc3c(=O)n(Cc4cccs4)ccc3nc2C)o1. The van der Waals surface area contributed by atoms with Gasteiger partial charge in [0, 0.05) is 11.1 Å². The fourth-order valence-corrected chi connectivity index (χ4v) is 3.78. The average Bonchev–Trinajstić information content (AvgIpc) is 3.33. The van der Waals surface area contributed by atoms with Crippen LogP contribution in [-0.2, 0) is 13.1 Å². The summed E-state index contributed by atoms with van der Waals surface area (Å²) in [4.78, 5) is 31.1. The molecule has 0 unspecified atom stereocenters. The highest BCUT2D eigenvalue weighted by atomic mass is 32.1. The lowest BCUT2D eigenvalue weighted by Gasteiger charge is -2.10. The van der Waals surface area contributed by atoms with Crippen molar-refractivity contribution in [1.29, 1.82) is 0 Å². The molecule has 0 atom stereocenters. The molecule has 28 heavy (non-hydrogen) atoms. The second kappa shape index (κ2) is 7.44. The van der Waals surface area contributed by atoms with Crippen molar-refractivity contribution >= 4 is 28.1 Å². The lowest BCUT2D eigenvalue weighted by atomic mass is 10.1. The van der Waals surface area contributed by atoms with E-state index in [1.165, 1.54) is 0 Å². The fraction of sp³-hybridized carbons (Fsp3) is 0.190. The van der Waals surface area contributed by atoms with Gasteiger partial charge in [-0.15, -0.1) is 11.3 Å². The number of hydrogen-bond donors (Lipinski definition) is 1. The van der Waals surface area contributed by atoms with E-state index >= 15 is 0 Å². The molecule has 0 saturated heterocycles. The van der Waals surface area contributed by atoms with Gasteiger partial charge < -0.3 is 14.3 Å². The summed E-state index contributed by atoms with van der Waals surface area (Å²) in [5.41, 5.74) is 1.40. The number of carbonyl (C=O) groups excluding carboxylic acids is 1. The first-order chi connectivity index (χ1) is 13.5. The predicted octanol–water partition coefficient (Wildman–Crippen LogP) is 3.65. The Balaban J connectivity index is 1.64. The van der Waals surface area contributed by atoms with E-state index in [0.717, 1.165) is 10.6 Å². The third-order valence-corrected chi connectivity index (χ3v) is 5.38. The number of hydrogen-bond acceptors (Lipinski definition) is 5. The second-order valence-electron chi connectivity index (χ2n) is 6.58. The number of nitrogens with zero attached hydrogens (tertiary/aromatic N) is 2. The van der Waals surface area contributed by atoms with E-state index in [0.29, 0.717) is 34.5 Å². The first-order valence-corrected chi connectivity index (χ1v) is 9.76. The van der Waals surface area contributed by atoms with Gasteiger partial charge in [0.2, 0.25) is 0 Å². The van der Waals surface area contributed by atoms with Crippen LogP contribution in [-0.4, -0.2) is 15.5 Å². The topological polar surface area (TPSA) is 77.1 Å². The first kappa shape index (κ1) is 18.2. The van der Waals surface area contributed by atoms with E-state index in [-0.39, 0.29) is 18.0 Å². The van der Waals surface area contributed by atoms with Crippen LogP contribution in [0.15, 0.2) is 57.2 Å². The number of carbonyl (C=O) groups is 1. The lowest BCUT2D eigenvalue weighted by Crippen LogP contribution is -2.25. The van der Waals surface area contributed by atoms with Crippen molar-refractivity contribution in [3.63, 3.8) is 0 Å². The Morgan fingerprint density at radius 1 is 1.25 bits per heavy atom. The zero-order chi connectivity index (χ0) is 19.7. The maximum Gasteiger partial charge on any atom is 0.260 e. The molecule has 0 aliphatic carbocycles. The average molecular weight is 393 g/mol. The number of aryl methyl sites for hydroxylation is 2. The van der Waals surface area contributed by atoms with Crippen molar-refractivity contribution in [3.8, 4) is 0 Å². The third-order valence-electron chi connectivity index (χ3n) is 4.52. The van der Waals surface area contributed by atoms with Crippen molar-refractivity contribution in [2.75, 3.05) is 0 Å². The molecule has 0 fully saturated rings. The summed E-state index contributed by atoms with van der Waals surface area (Å²) < 4.78 is 7.11. The standard InChI is InChI=1S/C21H19N3O3S/c1-13-5-6-15(27-13)11-22-20(25)17-10-18-19(23-14(17)2)7-8-24(21(18)26)12-16-4-3-9-28-16/h3-10H,11-12H2,1-2H3,(H,22,25). The summed E-state index contributed by atoms with van der Waals surface area (Å²) >= 11 is 1.60. The fourth-order valence-electron chi connectivity index (χ4n) is 3.07. The van der Waals surface area contributed by atoms with Crippen LogP contribution in [0.25, 0.3) is 10.9 Å². The van der Waals surface area contributed by atoms with Crippen LogP contribution in [0.3, 0.4) is 0 Å². The molecule has 4 heterocycles. The van der Waals surface area contributed by atoms with Crippen molar-refractivity contribution in [2.24, 2.45) is 0 Å². The molecule has 0 spiro atoms. The Labute approximate surface area is 165 Å². The monoisotopic (exact) mass is 393 g/mol. The molecule has 142 valence electrons. The third kappa shape index (κ3) is 3.61. The number of amides is 1. The van der Waals surface area contributed by atoms with E-state index in [2.05, 4.69) is 10.3 Å². The van der Waals surface area contributed by atoms with Crippen LogP contribution in [0.5, 0.6) is 0 Å². The number of aromatic nitrogens is 2. The van der Waals surface area contributed by atoms with Crippen LogP contribution >= 0.6 is 11.3 Å². The van der Waals surface area contributed by atoms with E-state index < -0.39 is 0 Å². The Morgan fingerprint density at radius 2 is 2.11 bits per heavy atom. The molecule has 0 saturated carbocycles. The minimum Gasteiger partial charge on any atom is -0.465 e. The maximum absolute atomic E-state index is 12.9. The molecule has 6 nitrogen and oxygen atoms in total. The highest BCUT2D eigenvalue weighted by Crippen LogP contribution is 2.15. The molecule has 0 aliphatic rings. The van der Waals surface area contributed by atoms with Crippen LogP contribution in [0.4, 0.5) is 0 Å². The van der Waals surface area contributed by atoms with Crippen LogP contribution < -0.4 is 10.9 Å². The van der Waals surface area contributed by atoms with E-state index in [4.69, 9.17) is 4.42 Å². The molecule has 1 N–H and O–H groups in total. The summed E-state index contributed by atoms with van der Waals surface area (Å²) in [5.74, 6) is 1.18. The van der Waals surface area contributed by atoms with Crippen LogP contribution in [0.1, 0.15) is 32.4 Å². The quantitative estimate of drug-likeness (QED) is 0.561. The van der Waals surface area contributed by atoms with Gasteiger partial charge in [-0.05, 0) is 49.6 Å². The minimum atomic E-state index is -0.283. The summed E-state index contributed by atoms with van der Waals surface area (Å²) in [6.45, 7) is 4.40. The lowest BCUT2D eigenvalue weighted by molar-refractivity contribution is 0.0947. The summed E-state index contributed by atoms with van der Waals surface area (Å²) in [6.07, 6.45) is 1.75. The maximum atomic E-state index is 12.9. The molecule has 7 heteroatoms. The van der Waals surface area contributed by atoms with Crippen molar-refractivity contribution in [1.82, 2.24) is 14.9 Å². The molecule has 0 aromatic carbocycles. The number of fused-ring (bicyclic) bond motifs is 1. The Morgan fingerprint density at radius 3 is 2.82 bits per heavy atom. The normalized spacial score (nSPS) is 11.1. The largest absolute Gasteiger partial charge is 0.465 e. The molecule has 1 amide bonds. The molecular formula is C21H19N3O3S. The van der Waals surface area contributed by atoms with Gasteiger partial charge in [0.15, 0.2) is 0 Å². The molecule has 4 rings (SSSR count). The zero-order valence-electron chi connectivity index (χ0n) is 15.6. The number of thiophene rings is 1. The van der Waals surface area contributed by atoms with Gasteiger partial charge in [0.25, 0.3) is 11.5 Å². The Bertz CT molecular complexity index is 1210.